The Hall–Kier alpha value is -6.16. The molecule has 4 heterocycles. The summed E-state index contributed by atoms with van der Waals surface area (Å²) in [5, 5.41) is 9.64. The highest BCUT2D eigenvalue weighted by Gasteiger charge is 2.29. The molecule has 8 aromatic carbocycles. The highest BCUT2D eigenvalue weighted by Crippen LogP contribution is 2.49. The molecule has 8 nitrogen and oxygen atoms in total. The second-order valence-corrected chi connectivity index (χ2v) is 18.5. The topological polar surface area (TPSA) is 87.0 Å². The Balaban J connectivity index is 0.000000146. The van der Waals surface area contributed by atoms with Gasteiger partial charge in [-0.3, -0.25) is 0 Å². The van der Waals surface area contributed by atoms with E-state index in [-0.39, 0.29) is 24.4 Å². The van der Waals surface area contributed by atoms with Crippen molar-refractivity contribution in [3.63, 3.8) is 0 Å². The molecule has 0 radical (unpaired) electrons. The summed E-state index contributed by atoms with van der Waals surface area (Å²) in [4.78, 5) is 0. The summed E-state index contributed by atoms with van der Waals surface area (Å²) in [5.41, 5.74) is 11.5. The van der Waals surface area contributed by atoms with Crippen LogP contribution in [0.15, 0.2) is 109 Å². The van der Waals surface area contributed by atoms with E-state index in [0.29, 0.717) is 26.4 Å². The largest absolute Gasteiger partial charge is 0.490 e. The first kappa shape index (κ1) is 42.5. The van der Waals surface area contributed by atoms with E-state index in [9.17, 15) is 0 Å². The molecule has 4 fully saturated rings. The molecule has 8 aromatic rings. The van der Waals surface area contributed by atoms with Gasteiger partial charge in [0.25, 0.3) is 0 Å². The standard InChI is InChI=1S/C30H30O4.C28H26O4/c1-17-9-23-11-21(5-7-27(23)19(3)29(17)33-15-25-13-31-25)22-6-8-28-20(4)30(34-16-26-14-32-26)18(2)10-24(28)12-22;1-17-11-19-7-3-5-9-23(19)25(27(17)31-15-21-13-29-21)26-24-10-6-4-8-20(24)12-18(2)28(26)32-16-22-14-30-22/h5-12,25-26H,13-16H2,1-4H3;3-12,21-22H,13-16H2,1-2H3. The van der Waals surface area contributed by atoms with Crippen LogP contribution in [0.4, 0.5) is 0 Å². The van der Waals surface area contributed by atoms with E-state index >= 15 is 0 Å². The van der Waals surface area contributed by atoms with Gasteiger partial charge in [0, 0.05) is 11.1 Å². The number of benzene rings is 8. The molecule has 0 N–H and O–H groups in total. The second kappa shape index (κ2) is 17.6. The Morgan fingerprint density at radius 2 is 0.682 bits per heavy atom. The molecule has 12 rings (SSSR count). The fraction of sp³-hybridized carbons (Fsp3) is 0.310. The lowest BCUT2D eigenvalue weighted by atomic mass is 9.89. The summed E-state index contributed by atoms with van der Waals surface area (Å²) in [6.07, 6.45) is 0.884. The fourth-order valence-corrected chi connectivity index (χ4v) is 9.45. The molecule has 4 atom stereocenters. The molecule has 0 bridgehead atoms. The van der Waals surface area contributed by atoms with Crippen LogP contribution in [0.3, 0.4) is 0 Å². The molecular weight excluding hydrogens is 825 g/mol. The summed E-state index contributed by atoms with van der Waals surface area (Å²) >= 11 is 0. The van der Waals surface area contributed by atoms with Crippen molar-refractivity contribution in [2.45, 2.75) is 66.0 Å². The molecule has 0 amide bonds. The number of ether oxygens (including phenoxy) is 8. The summed E-state index contributed by atoms with van der Waals surface area (Å²) in [5.74, 6) is 3.78. The first-order valence-electron chi connectivity index (χ1n) is 23.3. The second-order valence-electron chi connectivity index (χ2n) is 18.5. The zero-order valence-corrected chi connectivity index (χ0v) is 38.6. The molecule has 4 aliphatic heterocycles. The van der Waals surface area contributed by atoms with Gasteiger partial charge in [-0.15, -0.1) is 0 Å². The Morgan fingerprint density at radius 3 is 1.05 bits per heavy atom. The van der Waals surface area contributed by atoms with Crippen LogP contribution < -0.4 is 18.9 Å². The van der Waals surface area contributed by atoms with Crippen molar-refractivity contribution in [3.8, 4) is 45.3 Å². The number of hydrogen-bond donors (Lipinski definition) is 0. The van der Waals surface area contributed by atoms with Gasteiger partial charge in [-0.1, -0.05) is 72.8 Å². The Kier molecular flexibility index (Phi) is 11.3. The summed E-state index contributed by atoms with van der Waals surface area (Å²) < 4.78 is 46.5. The molecule has 0 aliphatic carbocycles. The number of hydrogen-bond acceptors (Lipinski definition) is 8. The van der Waals surface area contributed by atoms with Crippen molar-refractivity contribution in [1.82, 2.24) is 0 Å². The zero-order valence-electron chi connectivity index (χ0n) is 38.6. The van der Waals surface area contributed by atoms with Crippen molar-refractivity contribution < 1.29 is 37.9 Å². The molecule has 0 aromatic heterocycles. The van der Waals surface area contributed by atoms with Crippen LogP contribution in [0.25, 0.3) is 65.3 Å². The lowest BCUT2D eigenvalue weighted by Gasteiger charge is -2.22. The van der Waals surface area contributed by atoms with Crippen LogP contribution in [0.5, 0.6) is 23.0 Å². The molecule has 0 saturated carbocycles. The maximum absolute atomic E-state index is 6.43. The molecule has 66 heavy (non-hydrogen) atoms. The normalized spacial score (nSPS) is 19.1. The van der Waals surface area contributed by atoms with Gasteiger partial charge in [0.05, 0.1) is 26.4 Å². The average molecular weight is 881 g/mol. The molecule has 0 spiro atoms. The Morgan fingerprint density at radius 1 is 0.364 bits per heavy atom. The third kappa shape index (κ3) is 8.79. The Labute approximate surface area is 386 Å². The molecule has 4 aliphatic rings. The summed E-state index contributed by atoms with van der Waals surface area (Å²) in [6, 6.07) is 39.4. The Bertz CT molecular complexity index is 2940. The third-order valence-electron chi connectivity index (χ3n) is 13.3. The van der Waals surface area contributed by atoms with Crippen molar-refractivity contribution in [2.75, 3.05) is 52.9 Å². The SMILES string of the molecule is Cc1cc2cc(-c3ccc4c(C)c(OCC5CO5)c(C)cc4c3)ccc2c(C)c1OCC1CO1.Cc1cc2ccccc2c(-c2c(OCC3CO3)c(C)cc3ccccc23)c1OCC1CO1. The van der Waals surface area contributed by atoms with Gasteiger partial charge in [0.1, 0.15) is 73.8 Å². The minimum absolute atomic E-state index is 0.186. The molecule has 336 valence electrons. The maximum Gasteiger partial charge on any atom is 0.130 e. The minimum Gasteiger partial charge on any atom is -0.490 e. The fourth-order valence-electron chi connectivity index (χ4n) is 9.45. The van der Waals surface area contributed by atoms with Gasteiger partial charge in [-0.25, -0.2) is 0 Å². The van der Waals surface area contributed by atoms with Crippen LogP contribution in [0.1, 0.15) is 33.4 Å². The van der Waals surface area contributed by atoms with Crippen molar-refractivity contribution in [2.24, 2.45) is 0 Å². The van der Waals surface area contributed by atoms with E-state index in [2.05, 4.69) is 151 Å². The third-order valence-corrected chi connectivity index (χ3v) is 13.3. The van der Waals surface area contributed by atoms with E-state index in [1.54, 1.807) is 0 Å². The van der Waals surface area contributed by atoms with E-state index in [4.69, 9.17) is 37.9 Å². The van der Waals surface area contributed by atoms with Gasteiger partial charge < -0.3 is 37.9 Å². The lowest BCUT2D eigenvalue weighted by Crippen LogP contribution is -2.09. The average Bonchev–Trinajstić information content (AvgIpc) is 4.10. The lowest BCUT2D eigenvalue weighted by molar-refractivity contribution is 0.260. The van der Waals surface area contributed by atoms with Crippen LogP contribution in [0, 0.1) is 41.5 Å². The molecular formula is C58H56O8. The van der Waals surface area contributed by atoms with E-state index in [1.165, 1.54) is 54.6 Å². The van der Waals surface area contributed by atoms with Gasteiger partial charge in [-0.05, 0) is 166 Å². The first-order chi connectivity index (χ1) is 32.2. The predicted octanol–water partition coefficient (Wildman–Crippen LogP) is 12.3. The number of aryl methyl sites for hydroxylation is 6. The predicted molar refractivity (Wildman–Crippen MR) is 263 cm³/mol. The molecule has 8 heteroatoms. The highest BCUT2D eigenvalue weighted by atomic mass is 16.6. The quantitative estimate of drug-likeness (QED) is 0.0998. The number of fused-ring (bicyclic) bond motifs is 4. The maximum atomic E-state index is 6.43. The molecule has 4 saturated heterocycles. The van der Waals surface area contributed by atoms with Crippen LogP contribution in [0.2, 0.25) is 0 Å². The van der Waals surface area contributed by atoms with Gasteiger partial charge >= 0.3 is 0 Å². The summed E-state index contributed by atoms with van der Waals surface area (Å²) in [6.45, 7) is 18.3. The first-order valence-corrected chi connectivity index (χ1v) is 23.3. The number of rotatable bonds is 14. The number of epoxide rings is 4. The summed E-state index contributed by atoms with van der Waals surface area (Å²) in [7, 11) is 0. The van der Waals surface area contributed by atoms with Crippen molar-refractivity contribution in [3.05, 3.63) is 143 Å². The van der Waals surface area contributed by atoms with Crippen molar-refractivity contribution >= 4 is 43.1 Å². The van der Waals surface area contributed by atoms with E-state index in [0.717, 1.165) is 93.6 Å². The highest BCUT2D eigenvalue weighted by molar-refractivity contribution is 6.11. The van der Waals surface area contributed by atoms with Crippen LogP contribution >= 0.6 is 0 Å². The monoisotopic (exact) mass is 880 g/mol. The van der Waals surface area contributed by atoms with Crippen molar-refractivity contribution in [1.29, 1.82) is 0 Å². The smallest absolute Gasteiger partial charge is 0.130 e. The van der Waals surface area contributed by atoms with E-state index < -0.39 is 0 Å². The van der Waals surface area contributed by atoms with E-state index in [1.807, 2.05) is 0 Å². The minimum atomic E-state index is 0.186. The van der Waals surface area contributed by atoms with Gasteiger partial charge in [-0.2, -0.15) is 0 Å². The van der Waals surface area contributed by atoms with Gasteiger partial charge in [0.15, 0.2) is 0 Å². The van der Waals surface area contributed by atoms with Crippen LogP contribution in [-0.2, 0) is 18.9 Å². The molecule has 4 unspecified atom stereocenters. The van der Waals surface area contributed by atoms with Gasteiger partial charge in [0.2, 0.25) is 0 Å². The zero-order chi connectivity index (χ0) is 45.1. The van der Waals surface area contributed by atoms with Crippen LogP contribution in [-0.4, -0.2) is 77.3 Å².